The van der Waals surface area contributed by atoms with Crippen LogP contribution in [0.4, 0.5) is 4.39 Å². The maximum atomic E-state index is 13.3. The number of halogens is 1. The van der Waals surface area contributed by atoms with Crippen molar-refractivity contribution in [1.82, 2.24) is 14.9 Å². The number of carbonyl (C=O) groups is 1. The Morgan fingerprint density at radius 3 is 2.88 bits per heavy atom. The average Bonchev–Trinajstić information content (AvgIpc) is 2.60. The topological polar surface area (TPSA) is 64.6 Å². The Bertz CT molecular complexity index is 781. The van der Waals surface area contributed by atoms with E-state index in [1.165, 1.54) is 12.1 Å². The number of aromatic nitrogens is 2. The predicted octanol–water partition coefficient (Wildman–Crippen LogP) is 2.00. The van der Waals surface area contributed by atoms with E-state index in [1.54, 1.807) is 35.5 Å². The summed E-state index contributed by atoms with van der Waals surface area (Å²) in [6.45, 7) is 1.66. The molecule has 0 saturated carbocycles. The number of likely N-dealkylation sites (tertiary alicyclic amines) is 1. The standard InChI is InChI=1S/C19H20FN3O3/c20-15-4-1-3-14(9-15)10-17(24)23-12-19(13-23)11-16(5-8-25-19)26-18-21-6-2-7-22-18/h1-4,6-7,9,16H,5,8,10-13H2/t16-/m0/s1. The van der Waals surface area contributed by atoms with Crippen molar-refractivity contribution in [2.75, 3.05) is 19.7 Å². The minimum atomic E-state index is -0.352. The van der Waals surface area contributed by atoms with E-state index in [9.17, 15) is 9.18 Å². The van der Waals surface area contributed by atoms with E-state index in [2.05, 4.69) is 9.97 Å². The van der Waals surface area contributed by atoms with Crippen molar-refractivity contribution >= 4 is 5.91 Å². The summed E-state index contributed by atoms with van der Waals surface area (Å²) in [5, 5.41) is 0. The van der Waals surface area contributed by atoms with Gasteiger partial charge in [-0.2, -0.15) is 0 Å². The van der Waals surface area contributed by atoms with E-state index in [0.717, 1.165) is 6.42 Å². The van der Waals surface area contributed by atoms with Crippen molar-refractivity contribution in [3.8, 4) is 6.01 Å². The number of carbonyl (C=O) groups excluding carboxylic acids is 1. The molecule has 3 heterocycles. The lowest BCUT2D eigenvalue weighted by molar-refractivity contribution is -0.193. The Labute approximate surface area is 151 Å². The number of nitrogens with zero attached hydrogens (tertiary/aromatic N) is 3. The van der Waals surface area contributed by atoms with Crippen LogP contribution in [-0.4, -0.2) is 52.2 Å². The van der Waals surface area contributed by atoms with Gasteiger partial charge >= 0.3 is 6.01 Å². The van der Waals surface area contributed by atoms with Crippen LogP contribution in [0, 0.1) is 5.82 Å². The third kappa shape index (κ3) is 3.67. The first-order valence-electron chi connectivity index (χ1n) is 8.72. The van der Waals surface area contributed by atoms with E-state index < -0.39 is 0 Å². The summed E-state index contributed by atoms with van der Waals surface area (Å²) >= 11 is 0. The monoisotopic (exact) mass is 357 g/mol. The Kier molecular flexibility index (Phi) is 4.55. The van der Waals surface area contributed by atoms with Crippen LogP contribution in [0.2, 0.25) is 0 Å². The highest BCUT2D eigenvalue weighted by molar-refractivity contribution is 5.80. The Morgan fingerprint density at radius 1 is 1.31 bits per heavy atom. The largest absolute Gasteiger partial charge is 0.460 e. The third-order valence-corrected chi connectivity index (χ3v) is 4.82. The van der Waals surface area contributed by atoms with Crippen LogP contribution < -0.4 is 4.74 Å². The quantitative estimate of drug-likeness (QED) is 0.837. The zero-order valence-corrected chi connectivity index (χ0v) is 14.3. The van der Waals surface area contributed by atoms with Crippen LogP contribution in [0.3, 0.4) is 0 Å². The lowest BCUT2D eigenvalue weighted by atomic mass is 9.84. The van der Waals surface area contributed by atoms with Gasteiger partial charge in [-0.05, 0) is 23.8 Å². The highest BCUT2D eigenvalue weighted by Gasteiger charge is 2.49. The third-order valence-electron chi connectivity index (χ3n) is 4.82. The first-order chi connectivity index (χ1) is 12.6. The molecular weight excluding hydrogens is 337 g/mol. The number of hydrogen-bond acceptors (Lipinski definition) is 5. The number of benzene rings is 1. The van der Waals surface area contributed by atoms with Crippen LogP contribution in [0.5, 0.6) is 6.01 Å². The molecule has 1 spiro atoms. The van der Waals surface area contributed by atoms with Crippen LogP contribution in [0.1, 0.15) is 18.4 Å². The van der Waals surface area contributed by atoms with Crippen LogP contribution in [-0.2, 0) is 16.0 Å². The van der Waals surface area contributed by atoms with Gasteiger partial charge in [0.05, 0.1) is 26.1 Å². The lowest BCUT2D eigenvalue weighted by Crippen LogP contribution is -2.67. The van der Waals surface area contributed by atoms with Crippen LogP contribution in [0.25, 0.3) is 0 Å². The zero-order chi connectivity index (χ0) is 18.0. The van der Waals surface area contributed by atoms with Gasteiger partial charge in [0.1, 0.15) is 17.5 Å². The molecule has 2 fully saturated rings. The molecule has 1 atom stereocenters. The van der Waals surface area contributed by atoms with E-state index in [0.29, 0.717) is 37.7 Å². The predicted molar refractivity (Wildman–Crippen MR) is 91.0 cm³/mol. The molecule has 0 N–H and O–H groups in total. The molecule has 7 heteroatoms. The fourth-order valence-electron chi connectivity index (χ4n) is 3.56. The van der Waals surface area contributed by atoms with Gasteiger partial charge in [-0.3, -0.25) is 4.79 Å². The normalized spacial score (nSPS) is 21.3. The summed E-state index contributed by atoms with van der Waals surface area (Å²) in [6, 6.07) is 8.26. The van der Waals surface area contributed by atoms with Crippen LogP contribution in [0.15, 0.2) is 42.7 Å². The summed E-state index contributed by atoms with van der Waals surface area (Å²) < 4.78 is 25.0. The molecule has 26 heavy (non-hydrogen) atoms. The fourth-order valence-corrected chi connectivity index (χ4v) is 3.56. The lowest BCUT2D eigenvalue weighted by Gasteiger charge is -2.52. The molecule has 136 valence electrons. The van der Waals surface area contributed by atoms with Crippen molar-refractivity contribution in [3.63, 3.8) is 0 Å². The Hall–Kier alpha value is -2.54. The van der Waals surface area contributed by atoms with Crippen molar-refractivity contribution in [2.24, 2.45) is 0 Å². The SMILES string of the molecule is O=C(Cc1cccc(F)c1)N1CC2(C[C@@H](Oc3ncccn3)CCO2)C1. The summed E-state index contributed by atoms with van der Waals surface area (Å²) in [5.74, 6) is -0.339. The van der Waals surface area contributed by atoms with Gasteiger partial charge in [0, 0.05) is 25.2 Å². The second-order valence-electron chi connectivity index (χ2n) is 6.85. The second-order valence-corrected chi connectivity index (χ2v) is 6.85. The van der Waals surface area contributed by atoms with Crippen molar-refractivity contribution in [2.45, 2.75) is 31.0 Å². The first-order valence-corrected chi connectivity index (χ1v) is 8.72. The van der Waals surface area contributed by atoms with Gasteiger partial charge < -0.3 is 14.4 Å². The van der Waals surface area contributed by atoms with Crippen molar-refractivity contribution < 1.29 is 18.7 Å². The molecule has 1 aromatic carbocycles. The fraction of sp³-hybridized carbons (Fsp3) is 0.421. The van der Waals surface area contributed by atoms with Crippen molar-refractivity contribution in [3.05, 3.63) is 54.1 Å². The molecule has 0 aliphatic carbocycles. The summed E-state index contributed by atoms with van der Waals surface area (Å²) in [4.78, 5) is 22.3. The van der Waals surface area contributed by atoms with E-state index >= 15 is 0 Å². The smallest absolute Gasteiger partial charge is 0.316 e. The maximum absolute atomic E-state index is 13.3. The second kappa shape index (κ2) is 6.99. The molecule has 0 radical (unpaired) electrons. The molecule has 4 rings (SSSR count). The number of hydrogen-bond donors (Lipinski definition) is 0. The number of rotatable bonds is 4. The molecule has 2 aliphatic rings. The van der Waals surface area contributed by atoms with Gasteiger partial charge in [0.25, 0.3) is 0 Å². The maximum Gasteiger partial charge on any atom is 0.316 e. The molecule has 0 bridgehead atoms. The highest BCUT2D eigenvalue weighted by atomic mass is 19.1. The Morgan fingerprint density at radius 2 is 2.12 bits per heavy atom. The molecule has 2 saturated heterocycles. The van der Waals surface area contributed by atoms with Crippen molar-refractivity contribution in [1.29, 1.82) is 0 Å². The molecular formula is C19H20FN3O3. The molecule has 6 nitrogen and oxygen atoms in total. The molecule has 2 aliphatic heterocycles. The molecule has 1 amide bonds. The van der Waals surface area contributed by atoms with Gasteiger partial charge in [-0.15, -0.1) is 0 Å². The average molecular weight is 357 g/mol. The first kappa shape index (κ1) is 16.9. The molecule has 1 aromatic heterocycles. The van der Waals surface area contributed by atoms with E-state index in [1.807, 2.05) is 0 Å². The molecule has 2 aromatic rings. The van der Waals surface area contributed by atoms with Gasteiger partial charge in [-0.1, -0.05) is 12.1 Å². The minimum Gasteiger partial charge on any atom is -0.460 e. The Balaban J connectivity index is 1.31. The molecule has 0 unspecified atom stereocenters. The minimum absolute atomic E-state index is 0.0146. The number of amides is 1. The number of ether oxygens (including phenoxy) is 2. The summed E-state index contributed by atoms with van der Waals surface area (Å²) in [7, 11) is 0. The van der Waals surface area contributed by atoms with E-state index in [4.69, 9.17) is 9.47 Å². The highest BCUT2D eigenvalue weighted by Crippen LogP contribution is 2.35. The van der Waals surface area contributed by atoms with Gasteiger partial charge in [0.2, 0.25) is 5.91 Å². The zero-order valence-electron chi connectivity index (χ0n) is 14.3. The summed E-state index contributed by atoms with van der Waals surface area (Å²) in [5.41, 5.74) is 0.331. The van der Waals surface area contributed by atoms with Gasteiger partial charge in [0.15, 0.2) is 0 Å². The van der Waals surface area contributed by atoms with Crippen LogP contribution >= 0.6 is 0 Å². The van der Waals surface area contributed by atoms with E-state index in [-0.39, 0.29) is 29.9 Å². The van der Waals surface area contributed by atoms with Gasteiger partial charge in [-0.25, -0.2) is 14.4 Å². The summed E-state index contributed by atoms with van der Waals surface area (Å²) in [6.07, 6.45) is 4.95.